The number of carbonyl (C=O) groups is 2. The minimum absolute atomic E-state index is 0.100. The maximum atomic E-state index is 13.7. The first-order valence-electron chi connectivity index (χ1n) is 13.6. The normalized spacial score (nSPS) is 11.6. The molecule has 12 heteroatoms. The van der Waals surface area contributed by atoms with Crippen molar-refractivity contribution in [2.45, 2.75) is 12.8 Å². The summed E-state index contributed by atoms with van der Waals surface area (Å²) in [4.78, 5) is 32.7. The van der Waals surface area contributed by atoms with Gasteiger partial charge in [-0.25, -0.2) is 17.8 Å². The standard InChI is InChI=1S/C32H25FN4O6S/c1-34-31(39)28-24-17-23(20-6-4-7-21(16-20)32-36-30-26(43-32)8-5-13-35-30)25(37-44(40,41)15-3-2-14-38)18-27(24)42-29(28)19-9-11-22(33)12-10-19/h4-14,16-18,37H,2-3,15H2,1H3,(H,34,39). The highest BCUT2D eigenvalue weighted by atomic mass is 32.2. The van der Waals surface area contributed by atoms with Crippen LogP contribution in [0.3, 0.4) is 0 Å². The van der Waals surface area contributed by atoms with E-state index in [0.29, 0.717) is 51.0 Å². The molecule has 0 saturated carbocycles. The molecule has 10 nitrogen and oxygen atoms in total. The van der Waals surface area contributed by atoms with E-state index in [1.165, 1.54) is 37.4 Å². The molecule has 2 N–H and O–H groups in total. The summed E-state index contributed by atoms with van der Waals surface area (Å²) in [5.74, 6) is -0.644. The minimum atomic E-state index is -3.88. The zero-order valence-electron chi connectivity index (χ0n) is 23.3. The third-order valence-electron chi connectivity index (χ3n) is 6.97. The van der Waals surface area contributed by atoms with E-state index < -0.39 is 21.7 Å². The van der Waals surface area contributed by atoms with Crippen LogP contribution >= 0.6 is 0 Å². The summed E-state index contributed by atoms with van der Waals surface area (Å²) in [6.07, 6.45) is 2.53. The first-order chi connectivity index (χ1) is 21.3. The van der Waals surface area contributed by atoms with Crippen molar-refractivity contribution in [2.75, 3.05) is 17.5 Å². The lowest BCUT2D eigenvalue weighted by Gasteiger charge is -2.14. The van der Waals surface area contributed by atoms with Gasteiger partial charge in [0, 0.05) is 47.8 Å². The molecule has 0 saturated heterocycles. The molecule has 0 unspecified atom stereocenters. The fraction of sp³-hybridized carbons (Fsp3) is 0.125. The van der Waals surface area contributed by atoms with Gasteiger partial charge < -0.3 is 18.9 Å². The molecule has 0 bridgehead atoms. The molecule has 0 aliphatic rings. The molecule has 3 aromatic carbocycles. The average molecular weight is 613 g/mol. The fourth-order valence-corrected chi connectivity index (χ4v) is 6.06. The van der Waals surface area contributed by atoms with Gasteiger partial charge in [0.2, 0.25) is 15.9 Å². The predicted molar refractivity (Wildman–Crippen MR) is 164 cm³/mol. The first-order valence-corrected chi connectivity index (χ1v) is 15.3. The monoisotopic (exact) mass is 612 g/mol. The molecule has 0 radical (unpaired) electrons. The van der Waals surface area contributed by atoms with E-state index in [9.17, 15) is 22.4 Å². The third-order valence-corrected chi connectivity index (χ3v) is 8.33. The summed E-state index contributed by atoms with van der Waals surface area (Å²) in [5, 5.41) is 3.04. The molecule has 1 amide bonds. The van der Waals surface area contributed by atoms with E-state index in [1.807, 2.05) is 0 Å². The second-order valence-corrected chi connectivity index (χ2v) is 11.8. The summed E-state index contributed by atoms with van der Waals surface area (Å²) < 4.78 is 54.5. The van der Waals surface area contributed by atoms with E-state index in [0.717, 1.165) is 0 Å². The maximum Gasteiger partial charge on any atom is 0.255 e. The van der Waals surface area contributed by atoms with Crippen LogP contribution in [0.2, 0.25) is 0 Å². The largest absolute Gasteiger partial charge is 0.455 e. The lowest BCUT2D eigenvalue weighted by atomic mass is 9.97. The summed E-state index contributed by atoms with van der Waals surface area (Å²) in [6.45, 7) is 0. The van der Waals surface area contributed by atoms with Crippen molar-refractivity contribution in [3.8, 4) is 33.9 Å². The number of nitrogens with zero attached hydrogens (tertiary/aromatic N) is 2. The first kappa shape index (κ1) is 28.7. The van der Waals surface area contributed by atoms with E-state index in [4.69, 9.17) is 8.83 Å². The third kappa shape index (κ3) is 5.66. The Morgan fingerprint density at radius 3 is 2.50 bits per heavy atom. The lowest BCUT2D eigenvalue weighted by molar-refractivity contribution is -0.107. The van der Waals surface area contributed by atoms with Gasteiger partial charge in [0.05, 0.1) is 17.0 Å². The number of anilines is 1. The number of oxazole rings is 1. The zero-order chi connectivity index (χ0) is 30.8. The van der Waals surface area contributed by atoms with E-state index in [-0.39, 0.29) is 41.2 Å². The molecule has 0 fully saturated rings. The Labute approximate surface area is 251 Å². The van der Waals surface area contributed by atoms with Crippen LogP contribution in [0.15, 0.2) is 87.8 Å². The number of fused-ring (bicyclic) bond motifs is 2. The number of unbranched alkanes of at least 4 members (excludes halogenated alkanes) is 1. The quantitative estimate of drug-likeness (QED) is 0.138. The van der Waals surface area contributed by atoms with Crippen LogP contribution in [0.5, 0.6) is 0 Å². The summed E-state index contributed by atoms with van der Waals surface area (Å²) in [7, 11) is -2.39. The number of pyridine rings is 1. The Morgan fingerprint density at radius 2 is 1.75 bits per heavy atom. The smallest absolute Gasteiger partial charge is 0.255 e. The number of halogens is 1. The number of sulfonamides is 1. The molecular formula is C32H25FN4O6S. The van der Waals surface area contributed by atoms with Gasteiger partial charge in [0.25, 0.3) is 5.91 Å². The molecule has 3 aromatic heterocycles. The van der Waals surface area contributed by atoms with Gasteiger partial charge in [-0.05, 0) is 66.6 Å². The number of hydrogen-bond donors (Lipinski definition) is 2. The van der Waals surface area contributed by atoms with Gasteiger partial charge >= 0.3 is 0 Å². The van der Waals surface area contributed by atoms with Crippen LogP contribution in [-0.4, -0.2) is 43.4 Å². The van der Waals surface area contributed by atoms with Crippen LogP contribution in [-0.2, 0) is 14.8 Å². The van der Waals surface area contributed by atoms with Crippen molar-refractivity contribution >= 4 is 50.1 Å². The number of aromatic nitrogens is 2. The molecule has 222 valence electrons. The topological polar surface area (TPSA) is 144 Å². The van der Waals surface area contributed by atoms with Gasteiger partial charge in [-0.15, -0.1) is 0 Å². The van der Waals surface area contributed by atoms with Gasteiger partial charge in [-0.1, -0.05) is 12.1 Å². The van der Waals surface area contributed by atoms with Crippen molar-refractivity contribution in [1.29, 1.82) is 0 Å². The molecule has 6 rings (SSSR count). The molecule has 6 aromatic rings. The Morgan fingerprint density at radius 1 is 0.955 bits per heavy atom. The average Bonchev–Trinajstić information content (AvgIpc) is 3.62. The number of benzene rings is 3. The van der Waals surface area contributed by atoms with E-state index in [2.05, 4.69) is 20.0 Å². The molecule has 0 aliphatic heterocycles. The van der Waals surface area contributed by atoms with Gasteiger partial charge in [-0.2, -0.15) is 4.98 Å². The van der Waals surface area contributed by atoms with Crippen LogP contribution in [0.1, 0.15) is 23.2 Å². The molecule has 44 heavy (non-hydrogen) atoms. The number of carbonyl (C=O) groups excluding carboxylic acids is 2. The second kappa shape index (κ2) is 11.7. The number of rotatable bonds is 10. The van der Waals surface area contributed by atoms with Crippen LogP contribution in [0.25, 0.3) is 56.1 Å². The van der Waals surface area contributed by atoms with Crippen molar-refractivity contribution in [3.63, 3.8) is 0 Å². The van der Waals surface area contributed by atoms with Crippen LogP contribution < -0.4 is 10.0 Å². The van der Waals surface area contributed by atoms with Crippen molar-refractivity contribution in [3.05, 3.63) is 90.4 Å². The van der Waals surface area contributed by atoms with E-state index >= 15 is 0 Å². The highest BCUT2D eigenvalue weighted by Gasteiger charge is 2.25. The number of hydrogen-bond acceptors (Lipinski definition) is 8. The lowest BCUT2D eigenvalue weighted by Crippen LogP contribution is -2.18. The molecule has 3 heterocycles. The zero-order valence-corrected chi connectivity index (χ0v) is 24.2. The van der Waals surface area contributed by atoms with Crippen molar-refractivity contribution in [1.82, 2.24) is 15.3 Å². The van der Waals surface area contributed by atoms with Crippen LogP contribution in [0.4, 0.5) is 10.1 Å². The van der Waals surface area contributed by atoms with E-state index in [1.54, 1.807) is 48.7 Å². The van der Waals surface area contributed by atoms with Crippen molar-refractivity contribution < 1.29 is 31.2 Å². The summed E-state index contributed by atoms with van der Waals surface area (Å²) in [5.41, 5.74) is 3.72. The highest BCUT2D eigenvalue weighted by molar-refractivity contribution is 7.92. The van der Waals surface area contributed by atoms with Gasteiger partial charge in [-0.3, -0.25) is 9.52 Å². The predicted octanol–water partition coefficient (Wildman–Crippen LogP) is 6.19. The minimum Gasteiger partial charge on any atom is -0.455 e. The molecule has 0 atom stereocenters. The SMILES string of the molecule is CNC(=O)c1c(-c2ccc(F)cc2)oc2cc(NS(=O)(=O)CCCC=O)c(-c3cccc(-c4nc5ncccc5o4)c3)cc12. The fourth-order valence-electron chi connectivity index (χ4n) is 4.91. The Bertz CT molecular complexity index is 2110. The molecule has 0 aliphatic carbocycles. The highest BCUT2D eigenvalue weighted by Crippen LogP contribution is 2.41. The number of nitrogens with one attached hydrogen (secondary N) is 2. The Kier molecular flexibility index (Phi) is 7.66. The van der Waals surface area contributed by atoms with Crippen molar-refractivity contribution in [2.24, 2.45) is 0 Å². The Hall–Kier alpha value is -5.36. The molecular weight excluding hydrogens is 587 g/mol. The number of furan rings is 1. The van der Waals surface area contributed by atoms with Crippen LogP contribution in [0, 0.1) is 5.82 Å². The molecule has 0 spiro atoms. The Balaban J connectivity index is 1.55. The van der Waals surface area contributed by atoms with Gasteiger partial charge in [0.15, 0.2) is 11.2 Å². The second-order valence-electron chi connectivity index (χ2n) is 9.94. The summed E-state index contributed by atoms with van der Waals surface area (Å²) in [6, 6.07) is 19.3. The summed E-state index contributed by atoms with van der Waals surface area (Å²) >= 11 is 0. The van der Waals surface area contributed by atoms with Gasteiger partial charge in [0.1, 0.15) is 23.4 Å². The number of amides is 1. The number of aldehydes is 1. The maximum absolute atomic E-state index is 13.7.